The van der Waals surface area contributed by atoms with E-state index >= 15 is 4.39 Å². The second-order valence-corrected chi connectivity index (χ2v) is 11.9. The van der Waals surface area contributed by atoms with Gasteiger partial charge in [-0.1, -0.05) is 13.8 Å². The highest BCUT2D eigenvalue weighted by Crippen LogP contribution is 2.71. The number of aliphatic hydroxyl groups excluding tert-OH is 2. The number of aliphatic hydroxyl groups is 2. The summed E-state index contributed by atoms with van der Waals surface area (Å²) >= 11 is 0. The molecule has 0 aromatic carbocycles. The minimum Gasteiger partial charge on any atom is -0.430 e. The van der Waals surface area contributed by atoms with Crippen LogP contribution in [0.2, 0.25) is 0 Å². The van der Waals surface area contributed by atoms with Gasteiger partial charge in [0, 0.05) is 36.9 Å². The van der Waals surface area contributed by atoms with Gasteiger partial charge in [0.1, 0.15) is 17.5 Å². The van der Waals surface area contributed by atoms with Crippen LogP contribution in [0.15, 0.2) is 23.5 Å². The zero-order chi connectivity index (χ0) is 25.6. The van der Waals surface area contributed by atoms with Gasteiger partial charge in [-0.3, -0.25) is 9.59 Å². The van der Waals surface area contributed by atoms with Crippen LogP contribution in [0.3, 0.4) is 0 Å². The van der Waals surface area contributed by atoms with Gasteiger partial charge < -0.3 is 24.4 Å². The first-order valence-corrected chi connectivity index (χ1v) is 12.8. The van der Waals surface area contributed by atoms with Crippen molar-refractivity contribution in [3.05, 3.63) is 23.5 Å². The number of allylic oxidation sites excluding steroid dienone is 3. The molecule has 0 bridgehead atoms. The van der Waals surface area contributed by atoms with Gasteiger partial charge >= 0.3 is 5.97 Å². The summed E-state index contributed by atoms with van der Waals surface area (Å²) in [6.45, 7) is 9.18. The number of carbonyl (C=O) groups excluding carboxylic acids is 2. The molecule has 4 aliphatic carbocycles. The fourth-order valence-corrected chi connectivity index (χ4v) is 8.58. The van der Waals surface area contributed by atoms with Gasteiger partial charge in [0.25, 0.3) is 0 Å². The summed E-state index contributed by atoms with van der Waals surface area (Å²) < 4.78 is 34.4. The Kier molecular flexibility index (Phi) is 5.69. The van der Waals surface area contributed by atoms with E-state index in [1.807, 2.05) is 13.8 Å². The lowest BCUT2D eigenvalue weighted by Gasteiger charge is -2.61. The van der Waals surface area contributed by atoms with Crippen LogP contribution in [0.25, 0.3) is 0 Å². The molecule has 1 aliphatic heterocycles. The minimum atomic E-state index is -1.41. The van der Waals surface area contributed by atoms with Crippen LogP contribution >= 0.6 is 0 Å². The third kappa shape index (κ3) is 3.29. The Balaban J connectivity index is 1.59. The summed E-state index contributed by atoms with van der Waals surface area (Å²) in [6.07, 6.45) is 1.69. The molecule has 0 unspecified atom stereocenters. The second-order valence-electron chi connectivity index (χ2n) is 11.9. The molecule has 1 saturated heterocycles. The zero-order valence-corrected chi connectivity index (χ0v) is 21.2. The largest absolute Gasteiger partial charge is 0.430 e. The normalized spacial score (nSPS) is 47.7. The molecule has 5 rings (SSSR count). The van der Waals surface area contributed by atoms with Crippen molar-refractivity contribution < 1.29 is 38.4 Å². The number of alkyl halides is 1. The van der Waals surface area contributed by atoms with Gasteiger partial charge in [0.05, 0.1) is 17.6 Å². The molecule has 0 spiro atoms. The van der Waals surface area contributed by atoms with E-state index in [-0.39, 0.29) is 48.7 Å². The Morgan fingerprint density at radius 3 is 2.60 bits per heavy atom. The topological polar surface area (TPSA) is 102 Å². The molecule has 3 saturated carbocycles. The molecule has 0 radical (unpaired) electrons. The minimum absolute atomic E-state index is 0.0408. The maximum Gasteiger partial charge on any atom is 0.310 e. The number of ketones is 1. The van der Waals surface area contributed by atoms with Gasteiger partial charge in [0.2, 0.25) is 0 Å². The van der Waals surface area contributed by atoms with Gasteiger partial charge in [-0.25, -0.2) is 4.39 Å². The van der Waals surface area contributed by atoms with E-state index < -0.39 is 52.2 Å². The first-order chi connectivity index (χ1) is 16.3. The number of hydrogen-bond acceptors (Lipinski definition) is 7. The Hall–Kier alpha value is -1.61. The molecule has 9 atom stereocenters. The summed E-state index contributed by atoms with van der Waals surface area (Å²) in [4.78, 5) is 24.7. The summed E-state index contributed by atoms with van der Waals surface area (Å²) in [5.41, 5.74) is -2.18. The Morgan fingerprint density at radius 1 is 1.23 bits per heavy atom. The lowest BCUT2D eigenvalue weighted by atomic mass is 9.45. The Labute approximate surface area is 205 Å². The Bertz CT molecular complexity index is 1000. The molecule has 2 N–H and O–H groups in total. The maximum atomic E-state index is 15.9. The highest BCUT2D eigenvalue weighted by Gasteiger charge is 2.75. The van der Waals surface area contributed by atoms with Crippen molar-refractivity contribution in [2.24, 2.45) is 28.6 Å². The number of carbonyl (C=O) groups is 2. The fraction of sp³-hybridized carbons (Fsp3) is 0.778. The molecular formula is C27H37FO7. The van der Waals surface area contributed by atoms with Crippen LogP contribution in [0.4, 0.5) is 4.39 Å². The standard InChI is InChI=1S/C27H37FO7/c1-6-22(32)33-20-10-14(30)9-17-18(28)11-15-16-12-21-27(7-8-29,35-24(2,3)34-21)25(16,4)13-19(31)23(15)26(17,20)5/h9-10,15-16,18-19,21,23,29,31H,6-8,11-13H2,1-5H3/t15-,16-,18-,19-,21+,23+,25-,26+,27+/m0/s1. The first-order valence-electron chi connectivity index (χ1n) is 12.8. The van der Waals surface area contributed by atoms with Crippen LogP contribution in [0.5, 0.6) is 0 Å². The third-order valence-electron chi connectivity index (χ3n) is 9.81. The van der Waals surface area contributed by atoms with E-state index in [1.165, 1.54) is 12.2 Å². The summed E-state index contributed by atoms with van der Waals surface area (Å²) in [7, 11) is 0. The van der Waals surface area contributed by atoms with Gasteiger partial charge in [-0.05, 0) is 63.5 Å². The third-order valence-corrected chi connectivity index (χ3v) is 9.81. The predicted octanol–water partition coefficient (Wildman–Crippen LogP) is 3.38. The van der Waals surface area contributed by atoms with Crippen LogP contribution < -0.4 is 0 Å². The van der Waals surface area contributed by atoms with E-state index in [9.17, 15) is 19.8 Å². The quantitative estimate of drug-likeness (QED) is 0.580. The van der Waals surface area contributed by atoms with Gasteiger partial charge in [-0.2, -0.15) is 0 Å². The molecule has 0 aromatic heterocycles. The fourth-order valence-electron chi connectivity index (χ4n) is 8.58. The van der Waals surface area contributed by atoms with Crippen molar-refractivity contribution in [2.75, 3.05) is 6.61 Å². The monoisotopic (exact) mass is 492 g/mol. The number of rotatable bonds is 4. The van der Waals surface area contributed by atoms with Crippen molar-refractivity contribution in [3.8, 4) is 0 Å². The average molecular weight is 493 g/mol. The second kappa shape index (κ2) is 7.94. The number of ether oxygens (including phenoxy) is 3. The van der Waals surface area contributed by atoms with E-state index in [0.29, 0.717) is 19.3 Å². The lowest BCUT2D eigenvalue weighted by molar-refractivity contribution is -0.233. The highest BCUT2D eigenvalue weighted by atomic mass is 19.1. The zero-order valence-electron chi connectivity index (χ0n) is 21.2. The predicted molar refractivity (Wildman–Crippen MR) is 123 cm³/mol. The van der Waals surface area contributed by atoms with Crippen LogP contribution in [0, 0.1) is 28.6 Å². The molecule has 4 fully saturated rings. The molecule has 194 valence electrons. The number of halogens is 1. The summed E-state index contributed by atoms with van der Waals surface area (Å²) in [6, 6.07) is 0. The summed E-state index contributed by atoms with van der Waals surface area (Å²) in [5, 5.41) is 21.7. The lowest BCUT2D eigenvalue weighted by Crippen LogP contribution is -2.62. The van der Waals surface area contributed by atoms with Crippen LogP contribution in [-0.4, -0.2) is 58.3 Å². The molecule has 35 heavy (non-hydrogen) atoms. The number of fused-ring (bicyclic) bond motifs is 7. The van der Waals surface area contributed by atoms with E-state index in [4.69, 9.17) is 14.2 Å². The van der Waals surface area contributed by atoms with Crippen LogP contribution in [-0.2, 0) is 23.8 Å². The van der Waals surface area contributed by atoms with Crippen molar-refractivity contribution in [2.45, 2.75) is 96.5 Å². The molecular weight excluding hydrogens is 455 g/mol. The highest BCUT2D eigenvalue weighted by molar-refractivity contribution is 6.02. The molecule has 5 aliphatic rings. The van der Waals surface area contributed by atoms with Crippen molar-refractivity contribution in [1.29, 1.82) is 0 Å². The maximum absolute atomic E-state index is 15.9. The van der Waals surface area contributed by atoms with E-state index in [1.54, 1.807) is 13.8 Å². The molecule has 8 heteroatoms. The van der Waals surface area contributed by atoms with E-state index in [0.717, 1.165) is 0 Å². The summed E-state index contributed by atoms with van der Waals surface area (Å²) in [5.74, 6) is -2.34. The number of hydrogen-bond donors (Lipinski definition) is 2. The Morgan fingerprint density at radius 2 is 1.94 bits per heavy atom. The van der Waals surface area contributed by atoms with Gasteiger partial charge in [-0.15, -0.1) is 0 Å². The van der Waals surface area contributed by atoms with Crippen molar-refractivity contribution >= 4 is 11.8 Å². The average Bonchev–Trinajstić information content (AvgIpc) is 3.14. The molecule has 0 aromatic rings. The molecule has 1 heterocycles. The SMILES string of the molecule is CCC(=O)OC1=CC(=O)C=C2[C@@H](F)C[C@@H]3[C@H]([C@@H](O)C[C@@]4(C)[C@H]3C[C@H]3OC(C)(C)O[C@]34CCO)[C@@]12C. The molecule has 0 amide bonds. The van der Waals surface area contributed by atoms with Gasteiger partial charge in [0.15, 0.2) is 11.6 Å². The molecule has 7 nitrogen and oxygen atoms in total. The van der Waals surface area contributed by atoms with Crippen molar-refractivity contribution in [1.82, 2.24) is 0 Å². The van der Waals surface area contributed by atoms with Crippen LogP contribution in [0.1, 0.15) is 66.7 Å². The van der Waals surface area contributed by atoms with Crippen molar-refractivity contribution in [3.63, 3.8) is 0 Å². The number of esters is 1. The first kappa shape index (κ1) is 25.1. The smallest absolute Gasteiger partial charge is 0.310 e. The van der Waals surface area contributed by atoms with E-state index in [2.05, 4.69) is 6.92 Å².